The topological polar surface area (TPSA) is 56.5 Å². The predicted molar refractivity (Wildman–Crippen MR) is 80.5 cm³/mol. The lowest BCUT2D eigenvalue weighted by molar-refractivity contribution is 0.238. The molecule has 0 aliphatic rings. The molecule has 0 aliphatic heterocycles. The van der Waals surface area contributed by atoms with Crippen molar-refractivity contribution in [2.75, 3.05) is 6.61 Å². The van der Waals surface area contributed by atoms with E-state index in [1.165, 1.54) is 0 Å². The Morgan fingerprint density at radius 2 is 2.05 bits per heavy atom. The van der Waals surface area contributed by atoms with Crippen LogP contribution < -0.4 is 9.47 Å². The number of aliphatic hydroxyl groups excluding tert-OH is 1. The fourth-order valence-electron chi connectivity index (χ4n) is 2.25. The van der Waals surface area contributed by atoms with Crippen LogP contribution in [0.3, 0.4) is 0 Å². The fourth-order valence-corrected chi connectivity index (χ4v) is 2.25. The van der Waals surface area contributed by atoms with E-state index >= 15 is 0 Å². The van der Waals surface area contributed by atoms with Crippen LogP contribution in [-0.4, -0.2) is 21.5 Å². The van der Waals surface area contributed by atoms with Crippen molar-refractivity contribution in [3.63, 3.8) is 0 Å². The van der Waals surface area contributed by atoms with Gasteiger partial charge < -0.3 is 14.6 Å². The van der Waals surface area contributed by atoms with Gasteiger partial charge in [-0.3, -0.25) is 4.68 Å². The van der Waals surface area contributed by atoms with Gasteiger partial charge in [-0.25, -0.2) is 0 Å². The number of aromatic nitrogens is 2. The molecule has 5 heteroatoms. The van der Waals surface area contributed by atoms with E-state index in [1.807, 2.05) is 49.7 Å². The molecule has 0 saturated heterocycles. The second-order valence-electron chi connectivity index (χ2n) is 4.72. The molecule has 0 fully saturated rings. The maximum Gasteiger partial charge on any atom is 0.167 e. The summed E-state index contributed by atoms with van der Waals surface area (Å²) < 4.78 is 13.4. The smallest absolute Gasteiger partial charge is 0.167 e. The number of ether oxygens (including phenoxy) is 2. The first-order valence-corrected chi connectivity index (χ1v) is 7.21. The van der Waals surface area contributed by atoms with E-state index in [2.05, 4.69) is 5.10 Å². The van der Waals surface area contributed by atoms with Crippen LogP contribution in [0.4, 0.5) is 0 Å². The number of rotatable bonds is 7. The second kappa shape index (κ2) is 7.13. The Labute approximate surface area is 125 Å². The van der Waals surface area contributed by atoms with E-state index < -0.39 is 0 Å². The van der Waals surface area contributed by atoms with Crippen LogP contribution >= 0.6 is 0 Å². The van der Waals surface area contributed by atoms with Crippen molar-refractivity contribution in [2.45, 2.75) is 40.5 Å². The van der Waals surface area contributed by atoms with E-state index in [-0.39, 0.29) is 6.61 Å². The zero-order valence-corrected chi connectivity index (χ0v) is 12.8. The van der Waals surface area contributed by atoms with Gasteiger partial charge in [0.2, 0.25) is 0 Å². The van der Waals surface area contributed by atoms with Gasteiger partial charge >= 0.3 is 0 Å². The van der Waals surface area contributed by atoms with Gasteiger partial charge in [-0.2, -0.15) is 5.10 Å². The van der Waals surface area contributed by atoms with Crippen LogP contribution in [0.5, 0.6) is 11.5 Å². The van der Waals surface area contributed by atoms with Crippen molar-refractivity contribution in [1.82, 2.24) is 9.78 Å². The molecule has 1 aromatic carbocycles. The number of para-hydroxylation sites is 1. The third kappa shape index (κ3) is 3.55. The van der Waals surface area contributed by atoms with Gasteiger partial charge in [-0.05, 0) is 32.9 Å². The van der Waals surface area contributed by atoms with E-state index in [0.29, 0.717) is 24.7 Å². The summed E-state index contributed by atoms with van der Waals surface area (Å²) in [6, 6.07) is 7.54. The molecule has 0 atom stereocenters. The molecule has 0 saturated carbocycles. The lowest BCUT2D eigenvalue weighted by atomic mass is 10.2. The number of aryl methyl sites for hydroxylation is 2. The highest BCUT2D eigenvalue weighted by molar-refractivity contribution is 5.46. The van der Waals surface area contributed by atoms with Crippen molar-refractivity contribution >= 4 is 0 Å². The van der Waals surface area contributed by atoms with Crippen molar-refractivity contribution < 1.29 is 14.6 Å². The summed E-state index contributed by atoms with van der Waals surface area (Å²) in [6.07, 6.45) is 0. The minimum atomic E-state index is -0.0810. The fraction of sp³-hybridized carbons (Fsp3) is 0.438. The highest BCUT2D eigenvalue weighted by Gasteiger charge is 2.12. The summed E-state index contributed by atoms with van der Waals surface area (Å²) in [7, 11) is 0. The van der Waals surface area contributed by atoms with Crippen molar-refractivity contribution in [3.8, 4) is 11.5 Å². The number of hydrogen-bond donors (Lipinski definition) is 1. The molecule has 0 amide bonds. The standard InChI is InChI=1S/C16H22N2O3/c1-4-18-14(9-12(3)17-18)11-21-16-13(10-19)7-6-8-15(16)20-5-2/h6-9,19H,4-5,10-11H2,1-3H3. The largest absolute Gasteiger partial charge is 0.490 e. The lowest BCUT2D eigenvalue weighted by Gasteiger charge is -2.15. The second-order valence-corrected chi connectivity index (χ2v) is 4.72. The van der Waals surface area contributed by atoms with E-state index in [1.54, 1.807) is 0 Å². The first-order valence-electron chi connectivity index (χ1n) is 7.21. The molecule has 2 aromatic rings. The van der Waals surface area contributed by atoms with Crippen molar-refractivity contribution in [1.29, 1.82) is 0 Å². The Balaban J connectivity index is 2.22. The first kappa shape index (κ1) is 15.4. The van der Waals surface area contributed by atoms with Crippen LogP contribution in [0.15, 0.2) is 24.3 Å². The molecular formula is C16H22N2O3. The molecule has 0 aliphatic carbocycles. The summed E-state index contributed by atoms with van der Waals surface area (Å²) in [5, 5.41) is 13.9. The Morgan fingerprint density at radius 3 is 2.71 bits per heavy atom. The van der Waals surface area contributed by atoms with Gasteiger partial charge in [0.15, 0.2) is 11.5 Å². The van der Waals surface area contributed by atoms with Gasteiger partial charge in [-0.15, -0.1) is 0 Å². The van der Waals surface area contributed by atoms with Crippen LogP contribution in [0.1, 0.15) is 30.8 Å². The minimum Gasteiger partial charge on any atom is -0.490 e. The monoisotopic (exact) mass is 290 g/mol. The molecule has 0 unspecified atom stereocenters. The van der Waals surface area contributed by atoms with Crippen LogP contribution in [0.25, 0.3) is 0 Å². The van der Waals surface area contributed by atoms with Crippen LogP contribution in [0, 0.1) is 6.92 Å². The lowest BCUT2D eigenvalue weighted by Crippen LogP contribution is -2.08. The van der Waals surface area contributed by atoms with Crippen LogP contribution in [0.2, 0.25) is 0 Å². The third-order valence-corrected chi connectivity index (χ3v) is 3.18. The quantitative estimate of drug-likeness (QED) is 0.852. The molecule has 1 heterocycles. The van der Waals surface area contributed by atoms with E-state index in [4.69, 9.17) is 9.47 Å². The van der Waals surface area contributed by atoms with Gasteiger partial charge in [0.1, 0.15) is 6.61 Å². The average molecular weight is 290 g/mol. The number of aliphatic hydroxyl groups is 1. The molecule has 2 rings (SSSR count). The van der Waals surface area contributed by atoms with Crippen LogP contribution in [-0.2, 0) is 19.8 Å². The van der Waals surface area contributed by atoms with Crippen molar-refractivity contribution in [2.24, 2.45) is 0 Å². The Kier molecular flexibility index (Phi) is 5.22. The minimum absolute atomic E-state index is 0.0810. The average Bonchev–Trinajstić information content (AvgIpc) is 2.86. The normalized spacial score (nSPS) is 10.7. The molecule has 21 heavy (non-hydrogen) atoms. The summed E-state index contributed by atoms with van der Waals surface area (Å²) in [6.45, 7) is 7.59. The Bertz CT molecular complexity index is 593. The number of hydrogen-bond acceptors (Lipinski definition) is 4. The predicted octanol–water partition coefficient (Wildman–Crippen LogP) is 2.68. The summed E-state index contributed by atoms with van der Waals surface area (Å²) in [5.41, 5.74) is 2.70. The molecule has 0 bridgehead atoms. The van der Waals surface area contributed by atoms with E-state index in [9.17, 15) is 5.11 Å². The summed E-state index contributed by atoms with van der Waals surface area (Å²) >= 11 is 0. The Hall–Kier alpha value is -2.01. The number of benzene rings is 1. The molecule has 1 N–H and O–H groups in total. The summed E-state index contributed by atoms with van der Waals surface area (Å²) in [5.74, 6) is 1.26. The highest BCUT2D eigenvalue weighted by Crippen LogP contribution is 2.32. The summed E-state index contributed by atoms with van der Waals surface area (Å²) in [4.78, 5) is 0. The Morgan fingerprint density at radius 1 is 1.24 bits per heavy atom. The molecule has 0 radical (unpaired) electrons. The third-order valence-electron chi connectivity index (χ3n) is 3.18. The van der Waals surface area contributed by atoms with Gasteiger partial charge in [0.25, 0.3) is 0 Å². The highest BCUT2D eigenvalue weighted by atomic mass is 16.5. The molecule has 1 aromatic heterocycles. The number of nitrogens with zero attached hydrogens (tertiary/aromatic N) is 2. The molecule has 0 spiro atoms. The van der Waals surface area contributed by atoms with Gasteiger partial charge in [0, 0.05) is 12.1 Å². The zero-order chi connectivity index (χ0) is 15.2. The SMILES string of the molecule is CCOc1cccc(CO)c1OCc1cc(C)nn1CC. The molecule has 114 valence electrons. The zero-order valence-electron chi connectivity index (χ0n) is 12.8. The maximum atomic E-state index is 9.46. The maximum absolute atomic E-state index is 9.46. The first-order chi connectivity index (χ1) is 10.2. The molecular weight excluding hydrogens is 268 g/mol. The van der Waals surface area contributed by atoms with Crippen molar-refractivity contribution in [3.05, 3.63) is 41.2 Å². The molecule has 5 nitrogen and oxygen atoms in total. The van der Waals surface area contributed by atoms with Gasteiger partial charge in [0.05, 0.1) is 24.6 Å². The van der Waals surface area contributed by atoms with Gasteiger partial charge in [-0.1, -0.05) is 12.1 Å². The van der Waals surface area contributed by atoms with E-state index in [0.717, 1.165) is 23.5 Å².